The van der Waals surface area contributed by atoms with Gasteiger partial charge in [0, 0.05) is 25.6 Å². The van der Waals surface area contributed by atoms with Crippen LogP contribution < -0.4 is 0 Å². The fourth-order valence-electron chi connectivity index (χ4n) is 2.62. The number of piperidine rings is 1. The minimum absolute atomic E-state index is 0.668. The Balaban J connectivity index is 1.64. The summed E-state index contributed by atoms with van der Waals surface area (Å²) in [5.41, 5.74) is 0. The van der Waals surface area contributed by atoms with Gasteiger partial charge in [-0.1, -0.05) is 5.92 Å². The molecule has 0 N–H and O–H groups in total. The van der Waals surface area contributed by atoms with E-state index in [9.17, 15) is 0 Å². The molecule has 84 valence electrons. The van der Waals surface area contributed by atoms with Gasteiger partial charge in [-0.25, -0.2) is 0 Å². The zero-order valence-corrected chi connectivity index (χ0v) is 10.00. The lowest BCUT2D eigenvalue weighted by molar-refractivity contribution is 0.0899. The van der Waals surface area contributed by atoms with Crippen molar-refractivity contribution >= 4 is 0 Å². The van der Waals surface area contributed by atoms with Crippen molar-refractivity contribution in [3.63, 3.8) is 0 Å². The van der Waals surface area contributed by atoms with Crippen LogP contribution in [0.15, 0.2) is 0 Å². The molecule has 0 saturated carbocycles. The molecule has 2 aliphatic heterocycles. The van der Waals surface area contributed by atoms with Crippen LogP contribution in [-0.4, -0.2) is 49.6 Å². The summed E-state index contributed by atoms with van der Waals surface area (Å²) in [6, 6.07) is 0. The smallest absolute Gasteiger partial charge is 0.0457 e. The maximum absolute atomic E-state index is 3.26. The van der Waals surface area contributed by atoms with Gasteiger partial charge >= 0.3 is 0 Å². The van der Waals surface area contributed by atoms with Crippen molar-refractivity contribution in [2.75, 3.05) is 39.8 Å². The molecule has 15 heavy (non-hydrogen) atoms. The summed E-state index contributed by atoms with van der Waals surface area (Å²) in [7, 11) is 2.23. The molecule has 0 aromatic rings. The van der Waals surface area contributed by atoms with Gasteiger partial charge in [-0.2, -0.15) is 0 Å². The number of likely N-dealkylation sites (tertiary alicyclic amines) is 2. The largest absolute Gasteiger partial charge is 0.306 e. The van der Waals surface area contributed by atoms with Gasteiger partial charge in [-0.05, 0) is 45.8 Å². The normalized spacial score (nSPS) is 25.7. The van der Waals surface area contributed by atoms with Gasteiger partial charge in [0.15, 0.2) is 0 Å². The number of nitrogens with zero attached hydrogens (tertiary/aromatic N) is 2. The van der Waals surface area contributed by atoms with E-state index in [1.54, 1.807) is 0 Å². The molecule has 2 rings (SSSR count). The molecule has 0 radical (unpaired) electrons. The average Bonchev–Trinajstić information content (AvgIpc) is 2.18. The highest BCUT2D eigenvalue weighted by molar-refractivity contribution is 5.07. The molecule has 2 heterocycles. The van der Waals surface area contributed by atoms with Crippen LogP contribution in [0.5, 0.6) is 0 Å². The Kier molecular flexibility index (Phi) is 3.66. The van der Waals surface area contributed by atoms with Crippen LogP contribution in [0.2, 0.25) is 0 Å². The Morgan fingerprint density at radius 2 is 1.87 bits per heavy atom. The second-order valence-electron chi connectivity index (χ2n) is 5.06. The predicted molar refractivity (Wildman–Crippen MR) is 63.6 cm³/mol. The second-order valence-corrected chi connectivity index (χ2v) is 5.06. The minimum atomic E-state index is 0.668. The summed E-state index contributed by atoms with van der Waals surface area (Å²) >= 11 is 0. The van der Waals surface area contributed by atoms with E-state index in [2.05, 4.69) is 28.7 Å². The van der Waals surface area contributed by atoms with Crippen LogP contribution >= 0.6 is 0 Å². The zero-order chi connectivity index (χ0) is 10.7. The monoisotopic (exact) mass is 206 g/mol. The Labute approximate surface area is 93.6 Å². The molecule has 0 aromatic carbocycles. The molecule has 2 heteroatoms. The van der Waals surface area contributed by atoms with Gasteiger partial charge < -0.3 is 9.80 Å². The Hall–Kier alpha value is -0.520. The second kappa shape index (κ2) is 5.01. The maximum Gasteiger partial charge on any atom is 0.0457 e. The van der Waals surface area contributed by atoms with Gasteiger partial charge in [0.25, 0.3) is 0 Å². The van der Waals surface area contributed by atoms with E-state index in [-0.39, 0.29) is 0 Å². The van der Waals surface area contributed by atoms with Crippen molar-refractivity contribution in [3.8, 4) is 11.8 Å². The van der Waals surface area contributed by atoms with Gasteiger partial charge in [-0.3, -0.25) is 0 Å². The lowest BCUT2D eigenvalue weighted by Gasteiger charge is -2.40. The third kappa shape index (κ3) is 2.96. The van der Waals surface area contributed by atoms with Crippen LogP contribution in [-0.2, 0) is 0 Å². The summed E-state index contributed by atoms with van der Waals surface area (Å²) in [5.74, 6) is 7.88. The molecule has 2 nitrogen and oxygen atoms in total. The quantitative estimate of drug-likeness (QED) is 0.628. The molecule has 2 fully saturated rings. The van der Waals surface area contributed by atoms with E-state index < -0.39 is 0 Å². The van der Waals surface area contributed by atoms with E-state index >= 15 is 0 Å². The number of hydrogen-bond donors (Lipinski definition) is 0. The highest BCUT2D eigenvalue weighted by atomic mass is 15.2. The molecular formula is C13H22N2. The molecule has 0 spiro atoms. The minimum Gasteiger partial charge on any atom is -0.306 e. The molecule has 2 aliphatic rings. The Morgan fingerprint density at radius 3 is 2.47 bits per heavy atom. The summed E-state index contributed by atoms with van der Waals surface area (Å²) in [4.78, 5) is 5.02. The standard InChI is InChI=1S/C13H22N2/c1-3-4-13-10-15(11-13)9-12-5-7-14(2)8-6-12/h12-13H,5-11H2,1-2H3. The third-order valence-corrected chi connectivity index (χ3v) is 3.66. The SMILES string of the molecule is CC#CC1CN(CC2CCN(C)CC2)C1. The highest BCUT2D eigenvalue weighted by Gasteiger charge is 2.28. The molecule has 0 unspecified atom stereocenters. The van der Waals surface area contributed by atoms with Crippen molar-refractivity contribution in [2.45, 2.75) is 19.8 Å². The molecule has 0 bridgehead atoms. The van der Waals surface area contributed by atoms with Gasteiger partial charge in [-0.15, -0.1) is 5.92 Å². The van der Waals surface area contributed by atoms with E-state index in [1.165, 1.54) is 45.6 Å². The van der Waals surface area contributed by atoms with Crippen molar-refractivity contribution in [2.24, 2.45) is 11.8 Å². The first kappa shape index (κ1) is 11.0. The number of rotatable bonds is 2. The Bertz CT molecular complexity index is 249. The summed E-state index contributed by atoms with van der Waals surface area (Å²) in [5, 5.41) is 0. The van der Waals surface area contributed by atoms with Crippen molar-refractivity contribution in [1.82, 2.24) is 9.80 Å². The Morgan fingerprint density at radius 1 is 1.20 bits per heavy atom. The van der Waals surface area contributed by atoms with Crippen molar-refractivity contribution < 1.29 is 0 Å². The van der Waals surface area contributed by atoms with Crippen LogP contribution in [0.4, 0.5) is 0 Å². The van der Waals surface area contributed by atoms with Crippen LogP contribution in [0.25, 0.3) is 0 Å². The topological polar surface area (TPSA) is 6.48 Å². The van der Waals surface area contributed by atoms with E-state index in [0.717, 1.165) is 5.92 Å². The van der Waals surface area contributed by atoms with Gasteiger partial charge in [0.2, 0.25) is 0 Å². The van der Waals surface area contributed by atoms with Crippen LogP contribution in [0.1, 0.15) is 19.8 Å². The first-order chi connectivity index (χ1) is 7.28. The third-order valence-electron chi connectivity index (χ3n) is 3.66. The lowest BCUT2D eigenvalue weighted by Crippen LogP contribution is -2.49. The lowest BCUT2D eigenvalue weighted by atomic mass is 9.93. The highest BCUT2D eigenvalue weighted by Crippen LogP contribution is 2.22. The van der Waals surface area contributed by atoms with Crippen molar-refractivity contribution in [1.29, 1.82) is 0 Å². The molecule has 0 aromatic heterocycles. The summed E-state index contributed by atoms with van der Waals surface area (Å²) in [6.45, 7) is 8.27. The van der Waals surface area contributed by atoms with Gasteiger partial charge in [0.1, 0.15) is 0 Å². The number of hydrogen-bond acceptors (Lipinski definition) is 2. The summed E-state index contributed by atoms with van der Waals surface area (Å²) in [6.07, 6.45) is 2.77. The first-order valence-electron chi connectivity index (χ1n) is 6.11. The fraction of sp³-hybridized carbons (Fsp3) is 0.846. The van der Waals surface area contributed by atoms with Crippen LogP contribution in [0.3, 0.4) is 0 Å². The van der Waals surface area contributed by atoms with Crippen LogP contribution in [0, 0.1) is 23.7 Å². The molecular weight excluding hydrogens is 184 g/mol. The maximum atomic E-state index is 3.26. The molecule has 0 aliphatic carbocycles. The molecule has 0 atom stereocenters. The predicted octanol–water partition coefficient (Wildman–Crippen LogP) is 1.28. The fourth-order valence-corrected chi connectivity index (χ4v) is 2.62. The average molecular weight is 206 g/mol. The molecule has 2 saturated heterocycles. The van der Waals surface area contributed by atoms with E-state index in [4.69, 9.17) is 0 Å². The van der Waals surface area contributed by atoms with Crippen molar-refractivity contribution in [3.05, 3.63) is 0 Å². The zero-order valence-electron chi connectivity index (χ0n) is 10.00. The van der Waals surface area contributed by atoms with E-state index in [0.29, 0.717) is 5.92 Å². The molecule has 0 amide bonds. The van der Waals surface area contributed by atoms with E-state index in [1.807, 2.05) is 6.92 Å². The first-order valence-corrected chi connectivity index (χ1v) is 6.11. The van der Waals surface area contributed by atoms with Gasteiger partial charge in [0.05, 0.1) is 0 Å². The summed E-state index contributed by atoms with van der Waals surface area (Å²) < 4.78 is 0.